The lowest BCUT2D eigenvalue weighted by atomic mass is 10.2. The Hall–Kier alpha value is -1.26. The lowest BCUT2D eigenvalue weighted by molar-refractivity contribution is 0.104. The van der Waals surface area contributed by atoms with Crippen molar-refractivity contribution >= 4 is 0 Å². The van der Waals surface area contributed by atoms with Crippen molar-refractivity contribution in [2.24, 2.45) is 0 Å². The van der Waals surface area contributed by atoms with Crippen LogP contribution in [-0.2, 0) is 0 Å². The Kier molecular flexibility index (Phi) is 5.25. The van der Waals surface area contributed by atoms with E-state index in [4.69, 9.17) is 4.74 Å². The van der Waals surface area contributed by atoms with Gasteiger partial charge in [-0.2, -0.15) is 0 Å². The van der Waals surface area contributed by atoms with Gasteiger partial charge in [0.25, 0.3) is 0 Å². The van der Waals surface area contributed by atoms with Crippen LogP contribution >= 0.6 is 0 Å². The largest absolute Gasteiger partial charge is 0.508 e. The summed E-state index contributed by atoms with van der Waals surface area (Å²) in [6.07, 6.45) is -0.536. The second-order valence-corrected chi connectivity index (χ2v) is 4.48. The van der Waals surface area contributed by atoms with E-state index in [0.717, 1.165) is 5.56 Å². The molecule has 0 aromatic heterocycles. The number of phenols is 1. The molecule has 0 bridgehead atoms. The van der Waals surface area contributed by atoms with E-state index in [9.17, 15) is 10.2 Å². The predicted molar refractivity (Wildman–Crippen MR) is 67.5 cm³/mol. The third kappa shape index (κ3) is 5.06. The van der Waals surface area contributed by atoms with Crippen LogP contribution < -0.4 is 10.1 Å². The molecule has 17 heavy (non-hydrogen) atoms. The summed E-state index contributed by atoms with van der Waals surface area (Å²) in [4.78, 5) is 0. The maximum atomic E-state index is 9.65. The summed E-state index contributed by atoms with van der Waals surface area (Å²) in [5, 5.41) is 22.1. The first kappa shape index (κ1) is 13.8. The molecule has 0 spiro atoms. The average molecular weight is 239 g/mol. The highest BCUT2D eigenvalue weighted by Gasteiger charge is 2.06. The molecule has 4 heteroatoms. The highest BCUT2D eigenvalue weighted by atomic mass is 16.5. The Morgan fingerprint density at radius 3 is 2.65 bits per heavy atom. The zero-order chi connectivity index (χ0) is 12.8. The van der Waals surface area contributed by atoms with Crippen LogP contribution in [0.25, 0.3) is 0 Å². The van der Waals surface area contributed by atoms with Crippen LogP contribution in [0.3, 0.4) is 0 Å². The van der Waals surface area contributed by atoms with Gasteiger partial charge in [-0.1, -0.05) is 13.8 Å². The number of aliphatic hydroxyl groups excluding tert-OH is 1. The van der Waals surface area contributed by atoms with Crippen molar-refractivity contribution in [3.63, 3.8) is 0 Å². The predicted octanol–water partition coefficient (Wildman–Crippen LogP) is 1.44. The zero-order valence-electron chi connectivity index (χ0n) is 10.6. The summed E-state index contributed by atoms with van der Waals surface area (Å²) in [7, 11) is 0. The van der Waals surface area contributed by atoms with E-state index >= 15 is 0 Å². The quantitative estimate of drug-likeness (QED) is 0.703. The fourth-order valence-electron chi connectivity index (χ4n) is 1.34. The van der Waals surface area contributed by atoms with Crippen molar-refractivity contribution in [2.75, 3.05) is 13.2 Å². The van der Waals surface area contributed by atoms with Gasteiger partial charge in [-0.3, -0.25) is 0 Å². The van der Waals surface area contributed by atoms with Crippen molar-refractivity contribution in [3.8, 4) is 11.5 Å². The molecule has 0 aliphatic heterocycles. The number of nitrogens with one attached hydrogen (secondary N) is 1. The van der Waals surface area contributed by atoms with Crippen LogP contribution in [0.5, 0.6) is 11.5 Å². The summed E-state index contributed by atoms with van der Waals surface area (Å²) >= 11 is 0. The first-order valence-corrected chi connectivity index (χ1v) is 5.83. The minimum atomic E-state index is -0.536. The van der Waals surface area contributed by atoms with Gasteiger partial charge in [0.2, 0.25) is 0 Å². The van der Waals surface area contributed by atoms with Crippen LogP contribution in [0.4, 0.5) is 0 Å². The van der Waals surface area contributed by atoms with Crippen molar-refractivity contribution in [1.29, 1.82) is 0 Å². The molecular weight excluding hydrogens is 218 g/mol. The molecule has 0 radical (unpaired) electrons. The van der Waals surface area contributed by atoms with E-state index in [-0.39, 0.29) is 12.4 Å². The molecule has 0 aliphatic carbocycles. The van der Waals surface area contributed by atoms with Gasteiger partial charge >= 0.3 is 0 Å². The summed E-state index contributed by atoms with van der Waals surface area (Å²) in [5.74, 6) is 0.906. The van der Waals surface area contributed by atoms with Crippen LogP contribution in [0.15, 0.2) is 18.2 Å². The van der Waals surface area contributed by atoms with Crippen molar-refractivity contribution in [1.82, 2.24) is 5.32 Å². The van der Waals surface area contributed by atoms with Crippen molar-refractivity contribution in [3.05, 3.63) is 23.8 Å². The van der Waals surface area contributed by atoms with Crippen LogP contribution in [0.1, 0.15) is 19.4 Å². The fourth-order valence-corrected chi connectivity index (χ4v) is 1.34. The number of aromatic hydroxyl groups is 1. The molecule has 4 nitrogen and oxygen atoms in total. The molecular formula is C13H21NO3. The molecule has 0 saturated heterocycles. The molecule has 1 aromatic rings. The van der Waals surface area contributed by atoms with E-state index in [0.29, 0.717) is 18.3 Å². The monoisotopic (exact) mass is 239 g/mol. The van der Waals surface area contributed by atoms with Crippen molar-refractivity contribution in [2.45, 2.75) is 32.9 Å². The van der Waals surface area contributed by atoms with Crippen LogP contribution in [-0.4, -0.2) is 35.5 Å². The molecule has 1 atom stereocenters. The minimum Gasteiger partial charge on any atom is -0.508 e. The molecule has 1 aromatic carbocycles. The van der Waals surface area contributed by atoms with E-state index < -0.39 is 6.10 Å². The highest BCUT2D eigenvalue weighted by molar-refractivity contribution is 5.38. The number of rotatable bonds is 6. The van der Waals surface area contributed by atoms with Gasteiger partial charge in [-0.15, -0.1) is 0 Å². The van der Waals surface area contributed by atoms with Gasteiger partial charge in [0, 0.05) is 12.6 Å². The van der Waals surface area contributed by atoms with E-state index in [1.54, 1.807) is 25.1 Å². The Labute approximate surface area is 102 Å². The standard InChI is InChI=1S/C13H21NO3/c1-9(2)14-7-11(15)8-17-12-4-5-13(16)10(3)6-12/h4-6,9,11,14-16H,7-8H2,1-3H3/t11-/m0/s1. The van der Waals surface area contributed by atoms with Gasteiger partial charge in [0.1, 0.15) is 24.2 Å². The molecule has 3 N–H and O–H groups in total. The Balaban J connectivity index is 2.36. The molecule has 0 aliphatic rings. The normalized spacial score (nSPS) is 12.8. The smallest absolute Gasteiger partial charge is 0.119 e. The summed E-state index contributed by atoms with van der Waals surface area (Å²) in [6, 6.07) is 5.37. The van der Waals surface area contributed by atoms with Gasteiger partial charge in [0.05, 0.1) is 0 Å². The van der Waals surface area contributed by atoms with Crippen LogP contribution in [0.2, 0.25) is 0 Å². The molecule has 0 heterocycles. The van der Waals surface area contributed by atoms with Gasteiger partial charge < -0.3 is 20.3 Å². The lowest BCUT2D eigenvalue weighted by Crippen LogP contribution is -2.35. The third-order valence-electron chi connectivity index (χ3n) is 2.37. The first-order chi connectivity index (χ1) is 7.99. The number of ether oxygens (including phenoxy) is 1. The molecule has 1 rings (SSSR count). The number of phenolic OH excluding ortho intramolecular Hbond substituents is 1. The second-order valence-electron chi connectivity index (χ2n) is 4.48. The lowest BCUT2D eigenvalue weighted by Gasteiger charge is -2.15. The first-order valence-electron chi connectivity index (χ1n) is 5.83. The summed E-state index contributed by atoms with van der Waals surface area (Å²) in [5.41, 5.74) is 0.761. The Morgan fingerprint density at radius 2 is 2.06 bits per heavy atom. The second kappa shape index (κ2) is 6.47. The molecule has 0 saturated carbocycles. The summed E-state index contributed by atoms with van der Waals surface area (Å²) < 4.78 is 5.43. The molecule has 0 fully saturated rings. The average Bonchev–Trinajstić information content (AvgIpc) is 2.28. The van der Waals surface area contributed by atoms with Gasteiger partial charge in [-0.05, 0) is 30.7 Å². The molecule has 96 valence electrons. The molecule has 0 unspecified atom stereocenters. The number of aryl methyl sites for hydroxylation is 1. The highest BCUT2D eigenvalue weighted by Crippen LogP contribution is 2.21. The Morgan fingerprint density at radius 1 is 1.35 bits per heavy atom. The minimum absolute atomic E-state index is 0.240. The van der Waals surface area contributed by atoms with Gasteiger partial charge in [0.15, 0.2) is 0 Å². The van der Waals surface area contributed by atoms with E-state index in [1.165, 1.54) is 0 Å². The SMILES string of the molecule is Cc1cc(OC[C@@H](O)CNC(C)C)ccc1O. The number of hydrogen-bond donors (Lipinski definition) is 3. The molecule has 0 amide bonds. The topological polar surface area (TPSA) is 61.7 Å². The van der Waals surface area contributed by atoms with E-state index in [2.05, 4.69) is 5.32 Å². The van der Waals surface area contributed by atoms with E-state index in [1.807, 2.05) is 13.8 Å². The van der Waals surface area contributed by atoms with Gasteiger partial charge in [-0.25, -0.2) is 0 Å². The van der Waals surface area contributed by atoms with Crippen LogP contribution in [0, 0.1) is 6.92 Å². The summed E-state index contributed by atoms with van der Waals surface area (Å²) in [6.45, 7) is 6.60. The number of hydrogen-bond acceptors (Lipinski definition) is 4. The number of aliphatic hydroxyl groups is 1. The maximum absolute atomic E-state index is 9.65. The maximum Gasteiger partial charge on any atom is 0.119 e. The number of benzene rings is 1. The van der Waals surface area contributed by atoms with Crippen molar-refractivity contribution < 1.29 is 14.9 Å². The third-order valence-corrected chi connectivity index (χ3v) is 2.37. The Bertz CT molecular complexity index is 353. The fraction of sp³-hybridized carbons (Fsp3) is 0.538. The zero-order valence-corrected chi connectivity index (χ0v) is 10.6.